The van der Waals surface area contributed by atoms with E-state index in [0.29, 0.717) is 13.1 Å². The molecule has 1 saturated heterocycles. The Labute approximate surface area is 164 Å². The summed E-state index contributed by atoms with van der Waals surface area (Å²) in [6, 6.07) is 4.15. The van der Waals surface area contributed by atoms with Crippen LogP contribution in [0.4, 0.5) is 0 Å². The number of benzene rings is 1. The minimum absolute atomic E-state index is 0.0656. The largest absolute Gasteiger partial charge is 0.357 e. The minimum Gasteiger partial charge on any atom is -0.357 e. The van der Waals surface area contributed by atoms with Gasteiger partial charge in [-0.1, -0.05) is 11.6 Å². The molecule has 2 rings (SSSR count). The van der Waals surface area contributed by atoms with E-state index in [2.05, 4.69) is 16.2 Å². The van der Waals surface area contributed by atoms with E-state index in [1.165, 1.54) is 22.5 Å². The predicted octanol–water partition coefficient (Wildman–Crippen LogP) is 2.03. The summed E-state index contributed by atoms with van der Waals surface area (Å²) in [6.07, 6.45) is 1.64. The van der Waals surface area contributed by atoms with Gasteiger partial charge in [0, 0.05) is 24.2 Å². The lowest BCUT2D eigenvalue weighted by molar-refractivity contribution is 0.0943. The average Bonchev–Trinajstić information content (AvgIpc) is 3.06. The van der Waals surface area contributed by atoms with Crippen molar-refractivity contribution in [3.63, 3.8) is 0 Å². The third kappa shape index (κ3) is 5.29. The number of amides is 1. The number of hydrogen-bond donors (Lipinski definition) is 3. The van der Waals surface area contributed by atoms with Crippen LogP contribution in [-0.4, -0.2) is 42.4 Å². The van der Waals surface area contributed by atoms with Crippen LogP contribution >= 0.6 is 23.8 Å². The Morgan fingerprint density at radius 2 is 1.81 bits per heavy atom. The van der Waals surface area contributed by atoms with Crippen molar-refractivity contribution in [1.29, 1.82) is 0 Å². The molecule has 0 radical (unpaired) electrons. The van der Waals surface area contributed by atoms with Crippen molar-refractivity contribution in [3.8, 4) is 0 Å². The summed E-state index contributed by atoms with van der Waals surface area (Å²) in [5, 5.41) is 3.33. The number of nitrogens with zero attached hydrogens (tertiary/aromatic N) is 1. The van der Waals surface area contributed by atoms with Gasteiger partial charge in [-0.15, -0.1) is 0 Å². The first-order chi connectivity index (χ1) is 12.0. The van der Waals surface area contributed by atoms with Gasteiger partial charge in [0.05, 0.1) is 5.02 Å². The molecule has 1 aromatic rings. The van der Waals surface area contributed by atoms with Crippen LogP contribution in [0.15, 0.2) is 23.1 Å². The molecule has 144 valence electrons. The Morgan fingerprint density at radius 3 is 2.38 bits per heavy atom. The smallest absolute Gasteiger partial charge is 0.269 e. The average molecular weight is 419 g/mol. The SMILES string of the molecule is CC(C)(C)NC(=S)NNC(=O)c1ccc(Cl)c(S(=O)(=O)N2CCCC2)c1. The lowest BCUT2D eigenvalue weighted by atomic mass is 10.1. The summed E-state index contributed by atoms with van der Waals surface area (Å²) in [7, 11) is -3.72. The highest BCUT2D eigenvalue weighted by atomic mass is 35.5. The molecule has 0 atom stereocenters. The van der Waals surface area contributed by atoms with Gasteiger partial charge in [-0.05, 0) is 64.0 Å². The van der Waals surface area contributed by atoms with Gasteiger partial charge >= 0.3 is 0 Å². The molecular formula is C16H23ClN4O3S2. The molecule has 1 heterocycles. The van der Waals surface area contributed by atoms with Crippen LogP contribution in [0.1, 0.15) is 44.0 Å². The van der Waals surface area contributed by atoms with Gasteiger partial charge < -0.3 is 5.32 Å². The first kappa shape index (κ1) is 20.9. The summed E-state index contributed by atoms with van der Waals surface area (Å²) in [5.74, 6) is -0.516. The fourth-order valence-electron chi connectivity index (χ4n) is 2.47. The summed E-state index contributed by atoms with van der Waals surface area (Å²) in [6.45, 7) is 6.71. The molecule has 7 nitrogen and oxygen atoms in total. The fourth-order valence-corrected chi connectivity index (χ4v) is 4.84. The molecule has 1 aliphatic rings. The highest BCUT2D eigenvalue weighted by Gasteiger charge is 2.29. The number of nitrogens with one attached hydrogen (secondary N) is 3. The maximum Gasteiger partial charge on any atom is 0.269 e. The Balaban J connectivity index is 2.13. The van der Waals surface area contributed by atoms with Crippen molar-refractivity contribution >= 4 is 44.9 Å². The number of carbonyl (C=O) groups is 1. The van der Waals surface area contributed by atoms with E-state index < -0.39 is 15.9 Å². The van der Waals surface area contributed by atoms with E-state index in [9.17, 15) is 13.2 Å². The number of halogens is 1. The zero-order valence-electron chi connectivity index (χ0n) is 14.9. The molecular weight excluding hydrogens is 396 g/mol. The van der Waals surface area contributed by atoms with Gasteiger partial charge in [-0.3, -0.25) is 15.6 Å². The van der Waals surface area contributed by atoms with E-state index in [1.54, 1.807) is 0 Å². The molecule has 0 saturated carbocycles. The normalized spacial score (nSPS) is 15.5. The fraction of sp³-hybridized carbons (Fsp3) is 0.500. The number of thiocarbonyl (C=S) groups is 1. The van der Waals surface area contributed by atoms with Crippen molar-refractivity contribution in [3.05, 3.63) is 28.8 Å². The number of rotatable bonds is 3. The molecule has 0 unspecified atom stereocenters. The van der Waals surface area contributed by atoms with Gasteiger partial charge in [0.2, 0.25) is 10.0 Å². The van der Waals surface area contributed by atoms with Crippen LogP contribution in [0.2, 0.25) is 5.02 Å². The van der Waals surface area contributed by atoms with Gasteiger partial charge in [0.15, 0.2) is 5.11 Å². The van der Waals surface area contributed by atoms with Crippen molar-refractivity contribution < 1.29 is 13.2 Å². The zero-order valence-corrected chi connectivity index (χ0v) is 17.3. The molecule has 1 aliphatic heterocycles. The quantitative estimate of drug-likeness (QED) is 0.514. The van der Waals surface area contributed by atoms with Gasteiger partial charge in [-0.2, -0.15) is 4.31 Å². The Morgan fingerprint density at radius 1 is 1.19 bits per heavy atom. The third-order valence-corrected chi connectivity index (χ3v) is 6.24. The van der Waals surface area contributed by atoms with Crippen LogP contribution in [0.5, 0.6) is 0 Å². The number of hydrazine groups is 1. The second kappa shape index (κ2) is 8.08. The Hall–Kier alpha value is -1.42. The van der Waals surface area contributed by atoms with Crippen LogP contribution < -0.4 is 16.2 Å². The third-order valence-electron chi connectivity index (χ3n) is 3.65. The molecule has 0 spiro atoms. The standard InChI is InChI=1S/C16H23ClN4O3S2/c1-16(2,3)18-15(25)20-19-14(22)11-6-7-12(17)13(10-11)26(23,24)21-8-4-5-9-21/h6-7,10H,4-5,8-9H2,1-3H3,(H,19,22)(H2,18,20,25). The van der Waals surface area contributed by atoms with E-state index >= 15 is 0 Å². The summed E-state index contributed by atoms with van der Waals surface area (Å²) >= 11 is 11.2. The maximum atomic E-state index is 12.7. The Bertz CT molecular complexity index is 800. The van der Waals surface area contributed by atoms with E-state index in [0.717, 1.165) is 12.8 Å². The lowest BCUT2D eigenvalue weighted by Gasteiger charge is -2.23. The van der Waals surface area contributed by atoms with E-state index in [1.807, 2.05) is 20.8 Å². The molecule has 26 heavy (non-hydrogen) atoms. The lowest BCUT2D eigenvalue weighted by Crippen LogP contribution is -2.52. The molecule has 0 aromatic heterocycles. The van der Waals surface area contributed by atoms with Gasteiger partial charge in [0.25, 0.3) is 5.91 Å². The molecule has 0 bridgehead atoms. The summed E-state index contributed by atoms with van der Waals surface area (Å²) < 4.78 is 26.8. The zero-order chi connectivity index (χ0) is 19.5. The Kier molecular flexibility index (Phi) is 6.49. The van der Waals surface area contributed by atoms with Crippen molar-refractivity contribution in [2.75, 3.05) is 13.1 Å². The number of carbonyl (C=O) groups excluding carboxylic acids is 1. The first-order valence-corrected chi connectivity index (χ1v) is 10.4. The summed E-state index contributed by atoms with van der Waals surface area (Å²) in [5.41, 5.74) is 4.95. The van der Waals surface area contributed by atoms with Crippen LogP contribution in [-0.2, 0) is 10.0 Å². The van der Waals surface area contributed by atoms with Crippen LogP contribution in [0.3, 0.4) is 0 Å². The number of hydrogen-bond acceptors (Lipinski definition) is 4. The topological polar surface area (TPSA) is 90.5 Å². The minimum atomic E-state index is -3.72. The van der Waals surface area contributed by atoms with Crippen molar-refractivity contribution in [1.82, 2.24) is 20.5 Å². The van der Waals surface area contributed by atoms with Crippen molar-refractivity contribution in [2.45, 2.75) is 44.0 Å². The second-order valence-corrected chi connectivity index (χ2v) is 9.76. The van der Waals surface area contributed by atoms with Crippen LogP contribution in [0, 0.1) is 0 Å². The van der Waals surface area contributed by atoms with Gasteiger partial charge in [-0.25, -0.2) is 8.42 Å². The van der Waals surface area contributed by atoms with Crippen molar-refractivity contribution in [2.24, 2.45) is 0 Å². The molecule has 1 aromatic carbocycles. The monoisotopic (exact) mass is 418 g/mol. The van der Waals surface area contributed by atoms with Crippen LogP contribution in [0.25, 0.3) is 0 Å². The summed E-state index contributed by atoms with van der Waals surface area (Å²) in [4.78, 5) is 12.2. The van der Waals surface area contributed by atoms with Gasteiger partial charge in [0.1, 0.15) is 4.90 Å². The number of sulfonamides is 1. The highest BCUT2D eigenvalue weighted by Crippen LogP contribution is 2.28. The molecule has 1 fully saturated rings. The second-order valence-electron chi connectivity index (χ2n) is 7.04. The first-order valence-electron chi connectivity index (χ1n) is 8.19. The van der Waals surface area contributed by atoms with E-state index in [-0.39, 0.29) is 26.1 Å². The molecule has 10 heteroatoms. The highest BCUT2D eigenvalue weighted by molar-refractivity contribution is 7.89. The van der Waals surface area contributed by atoms with E-state index in [4.69, 9.17) is 23.8 Å². The molecule has 3 N–H and O–H groups in total. The molecule has 0 aliphatic carbocycles. The molecule has 1 amide bonds. The predicted molar refractivity (Wildman–Crippen MR) is 106 cm³/mol. The maximum absolute atomic E-state index is 12.7.